The standard InChI is InChI=1S/C30H40O2/c1-24(19-20-28-26(3)14-11-22-30(28,4)5)12-9-13-25(2)21-23-32-29(31)18-10-17-27-15-7-6-8-16-27/h6-9,12-13,15-16,19-21H,10-11,14,17-18,22-23H2,1-5H3/b13-9+,20-19+,24-12+,25-21+. The van der Waals surface area contributed by atoms with Gasteiger partial charge in [0.05, 0.1) is 0 Å². The van der Waals surface area contributed by atoms with Crippen molar-refractivity contribution < 1.29 is 9.53 Å². The van der Waals surface area contributed by atoms with E-state index in [0.717, 1.165) is 18.4 Å². The number of ether oxygens (including phenoxy) is 1. The highest BCUT2D eigenvalue weighted by atomic mass is 16.5. The SMILES string of the molecule is CC1=C(/C=C/C(C)=C/C=C/C(C)=C/COC(=O)CCCc2ccccc2)C(C)(C)CCC1. The van der Waals surface area contributed by atoms with Gasteiger partial charge in [0.2, 0.25) is 0 Å². The van der Waals surface area contributed by atoms with Crippen molar-refractivity contribution in [1.29, 1.82) is 0 Å². The molecule has 0 atom stereocenters. The van der Waals surface area contributed by atoms with Crippen molar-refractivity contribution >= 4 is 5.97 Å². The Labute approximate surface area is 195 Å². The monoisotopic (exact) mass is 432 g/mol. The molecule has 2 rings (SSSR count). The van der Waals surface area contributed by atoms with Crippen LogP contribution in [0.25, 0.3) is 0 Å². The minimum atomic E-state index is -0.134. The van der Waals surface area contributed by atoms with Crippen LogP contribution < -0.4 is 0 Å². The second-order valence-corrected chi connectivity index (χ2v) is 9.50. The van der Waals surface area contributed by atoms with Crippen LogP contribution in [0.5, 0.6) is 0 Å². The number of aryl methyl sites for hydroxylation is 1. The maximum Gasteiger partial charge on any atom is 0.306 e. The molecule has 0 amide bonds. The molecule has 1 aromatic rings. The molecule has 2 heteroatoms. The van der Waals surface area contributed by atoms with Gasteiger partial charge in [-0.2, -0.15) is 0 Å². The van der Waals surface area contributed by atoms with E-state index >= 15 is 0 Å². The number of hydrogen-bond donors (Lipinski definition) is 0. The number of hydrogen-bond acceptors (Lipinski definition) is 2. The van der Waals surface area contributed by atoms with Crippen LogP contribution >= 0.6 is 0 Å². The fraction of sp³-hybridized carbons (Fsp3) is 0.433. The minimum Gasteiger partial charge on any atom is -0.461 e. The molecule has 0 spiro atoms. The predicted molar refractivity (Wildman–Crippen MR) is 136 cm³/mol. The van der Waals surface area contributed by atoms with Crippen LogP contribution in [-0.2, 0) is 16.0 Å². The first kappa shape index (κ1) is 25.6. The lowest BCUT2D eigenvalue weighted by Crippen LogP contribution is -2.19. The number of benzene rings is 1. The van der Waals surface area contributed by atoms with Gasteiger partial charge in [0, 0.05) is 6.42 Å². The third kappa shape index (κ3) is 9.26. The van der Waals surface area contributed by atoms with Gasteiger partial charge in [-0.3, -0.25) is 4.79 Å². The van der Waals surface area contributed by atoms with Crippen molar-refractivity contribution in [2.24, 2.45) is 5.41 Å². The lowest BCUT2D eigenvalue weighted by Gasteiger charge is -2.32. The molecule has 32 heavy (non-hydrogen) atoms. The van der Waals surface area contributed by atoms with Crippen LogP contribution in [0.2, 0.25) is 0 Å². The number of allylic oxidation sites excluding steroid dienone is 9. The zero-order valence-electron chi connectivity index (χ0n) is 20.6. The lowest BCUT2D eigenvalue weighted by atomic mass is 9.72. The van der Waals surface area contributed by atoms with Gasteiger partial charge in [0.15, 0.2) is 0 Å². The average Bonchev–Trinajstić information content (AvgIpc) is 2.73. The van der Waals surface area contributed by atoms with E-state index in [2.05, 4.69) is 70.2 Å². The average molecular weight is 433 g/mol. The molecule has 0 aliphatic heterocycles. The summed E-state index contributed by atoms with van der Waals surface area (Å²) < 4.78 is 5.33. The van der Waals surface area contributed by atoms with Crippen LogP contribution in [0.3, 0.4) is 0 Å². The molecule has 0 aromatic heterocycles. The summed E-state index contributed by atoms with van der Waals surface area (Å²) in [4.78, 5) is 11.9. The Morgan fingerprint density at radius 3 is 2.56 bits per heavy atom. The molecule has 1 aliphatic carbocycles. The van der Waals surface area contributed by atoms with Crippen LogP contribution in [0.1, 0.15) is 72.3 Å². The fourth-order valence-corrected chi connectivity index (χ4v) is 4.12. The number of carbonyl (C=O) groups is 1. The summed E-state index contributed by atoms with van der Waals surface area (Å²) in [7, 11) is 0. The van der Waals surface area contributed by atoms with Crippen molar-refractivity contribution in [3.05, 3.63) is 94.6 Å². The molecule has 0 unspecified atom stereocenters. The summed E-state index contributed by atoms with van der Waals surface area (Å²) in [5, 5.41) is 0. The molecule has 1 aromatic carbocycles. The molecular formula is C30H40O2. The van der Waals surface area contributed by atoms with Gasteiger partial charge in [-0.1, -0.05) is 91.3 Å². The normalized spacial score (nSPS) is 17.4. The predicted octanol–water partition coefficient (Wildman–Crippen LogP) is 8.08. The van der Waals surface area contributed by atoms with Crippen molar-refractivity contribution in [3.63, 3.8) is 0 Å². The molecule has 0 bridgehead atoms. The molecule has 0 heterocycles. The smallest absolute Gasteiger partial charge is 0.306 e. The van der Waals surface area contributed by atoms with E-state index in [-0.39, 0.29) is 11.4 Å². The summed E-state index contributed by atoms with van der Waals surface area (Å²) in [6, 6.07) is 10.2. The maximum absolute atomic E-state index is 11.9. The zero-order valence-corrected chi connectivity index (χ0v) is 20.6. The van der Waals surface area contributed by atoms with E-state index in [1.807, 2.05) is 31.2 Å². The Balaban J connectivity index is 1.74. The maximum atomic E-state index is 11.9. The highest BCUT2D eigenvalue weighted by Gasteiger charge is 2.26. The fourth-order valence-electron chi connectivity index (χ4n) is 4.12. The van der Waals surface area contributed by atoms with Gasteiger partial charge in [0.1, 0.15) is 6.61 Å². The Kier molecular flexibility index (Phi) is 10.5. The second kappa shape index (κ2) is 13.1. The molecule has 0 radical (unpaired) electrons. The van der Waals surface area contributed by atoms with E-state index in [9.17, 15) is 4.79 Å². The Hall–Kier alpha value is -2.61. The molecule has 0 fully saturated rings. The number of rotatable bonds is 10. The number of carbonyl (C=O) groups excluding carboxylic acids is 1. The zero-order chi connectivity index (χ0) is 23.4. The molecule has 172 valence electrons. The van der Waals surface area contributed by atoms with Gasteiger partial charge in [-0.05, 0) is 75.5 Å². The molecular weight excluding hydrogens is 392 g/mol. The summed E-state index contributed by atoms with van der Waals surface area (Å²) in [5.74, 6) is -0.134. The molecule has 2 nitrogen and oxygen atoms in total. The summed E-state index contributed by atoms with van der Waals surface area (Å²) in [6.45, 7) is 11.4. The first-order chi connectivity index (χ1) is 15.3. The molecule has 0 saturated carbocycles. The summed E-state index contributed by atoms with van der Waals surface area (Å²) >= 11 is 0. The first-order valence-corrected chi connectivity index (χ1v) is 11.9. The Morgan fingerprint density at radius 2 is 1.84 bits per heavy atom. The van der Waals surface area contributed by atoms with Crippen LogP contribution in [-0.4, -0.2) is 12.6 Å². The minimum absolute atomic E-state index is 0.134. The number of esters is 1. The van der Waals surface area contributed by atoms with E-state index in [1.165, 1.54) is 41.5 Å². The largest absolute Gasteiger partial charge is 0.461 e. The van der Waals surface area contributed by atoms with E-state index in [4.69, 9.17) is 4.74 Å². The first-order valence-electron chi connectivity index (χ1n) is 11.9. The van der Waals surface area contributed by atoms with Crippen LogP contribution in [0, 0.1) is 5.41 Å². The van der Waals surface area contributed by atoms with Gasteiger partial charge in [-0.25, -0.2) is 0 Å². The lowest BCUT2D eigenvalue weighted by molar-refractivity contribution is -0.142. The van der Waals surface area contributed by atoms with Crippen molar-refractivity contribution in [2.75, 3.05) is 6.61 Å². The van der Waals surface area contributed by atoms with E-state index in [0.29, 0.717) is 13.0 Å². The van der Waals surface area contributed by atoms with Crippen molar-refractivity contribution in [2.45, 2.75) is 73.1 Å². The quantitative estimate of drug-likeness (QED) is 0.276. The van der Waals surface area contributed by atoms with Gasteiger partial charge >= 0.3 is 5.97 Å². The Bertz CT molecular complexity index is 892. The third-order valence-electron chi connectivity index (χ3n) is 6.11. The van der Waals surface area contributed by atoms with E-state index < -0.39 is 0 Å². The molecule has 1 aliphatic rings. The van der Waals surface area contributed by atoms with Crippen molar-refractivity contribution in [3.8, 4) is 0 Å². The highest BCUT2D eigenvalue weighted by molar-refractivity contribution is 5.69. The van der Waals surface area contributed by atoms with Crippen molar-refractivity contribution in [1.82, 2.24) is 0 Å². The summed E-state index contributed by atoms with van der Waals surface area (Å²) in [6.07, 6.45) is 18.6. The molecule has 0 N–H and O–H groups in total. The van der Waals surface area contributed by atoms with Crippen LogP contribution in [0.15, 0.2) is 89.1 Å². The highest BCUT2D eigenvalue weighted by Crippen LogP contribution is 2.40. The van der Waals surface area contributed by atoms with E-state index in [1.54, 1.807) is 0 Å². The summed E-state index contributed by atoms with van der Waals surface area (Å²) in [5.41, 5.74) is 6.85. The molecule has 0 saturated heterocycles. The second-order valence-electron chi connectivity index (χ2n) is 9.50. The van der Waals surface area contributed by atoms with Gasteiger partial charge in [-0.15, -0.1) is 0 Å². The van der Waals surface area contributed by atoms with Gasteiger partial charge in [0.25, 0.3) is 0 Å². The van der Waals surface area contributed by atoms with Gasteiger partial charge < -0.3 is 4.74 Å². The topological polar surface area (TPSA) is 26.3 Å². The van der Waals surface area contributed by atoms with Crippen LogP contribution in [0.4, 0.5) is 0 Å². The Morgan fingerprint density at radius 1 is 1.09 bits per heavy atom. The third-order valence-corrected chi connectivity index (χ3v) is 6.11.